The highest BCUT2D eigenvalue weighted by Gasteiger charge is 2.12. The van der Waals surface area contributed by atoms with Gasteiger partial charge in [0, 0.05) is 17.2 Å². The average Bonchev–Trinajstić information content (AvgIpc) is 2.53. The van der Waals surface area contributed by atoms with E-state index in [0.717, 1.165) is 0 Å². The molecule has 1 aromatic heterocycles. The lowest BCUT2D eigenvalue weighted by molar-refractivity contribution is -0.134. The quantitative estimate of drug-likeness (QED) is 0.719. The Labute approximate surface area is 72.2 Å². The summed E-state index contributed by atoms with van der Waals surface area (Å²) in [7, 11) is 0. The van der Waals surface area contributed by atoms with E-state index in [0.29, 0.717) is 5.01 Å². The van der Waals surface area contributed by atoms with E-state index in [1.807, 2.05) is 0 Å². The normalized spacial score (nSPS) is 12.5. The van der Waals surface area contributed by atoms with Crippen molar-refractivity contribution in [2.24, 2.45) is 0 Å². The molecule has 0 bridgehead atoms. The first-order valence-electron chi connectivity index (χ1n) is 3.12. The van der Waals surface area contributed by atoms with Crippen molar-refractivity contribution in [3.05, 3.63) is 22.4 Å². The summed E-state index contributed by atoms with van der Waals surface area (Å²) in [6.07, 6.45) is 1.50. The van der Waals surface area contributed by atoms with Crippen molar-refractivity contribution in [3.63, 3.8) is 0 Å². The van der Waals surface area contributed by atoms with Gasteiger partial charge in [0.1, 0.15) is 5.01 Å². The monoisotopic (exact) mass is 187 g/mol. The van der Waals surface area contributed by atoms with Crippen LogP contribution in [0.1, 0.15) is 11.9 Å². The second-order valence-corrected chi connectivity index (χ2v) is 2.98. The fourth-order valence-electron chi connectivity index (χ4n) is 0.663. The van der Waals surface area contributed by atoms with Crippen LogP contribution in [0.3, 0.4) is 0 Å². The summed E-state index contributed by atoms with van der Waals surface area (Å²) in [6, 6.07) is 0. The molecule has 0 saturated carbocycles. The number of nitrogens with zero attached hydrogens (tertiary/aromatic N) is 1. The molecule has 0 aliphatic carbocycles. The van der Waals surface area contributed by atoms with Crippen LogP contribution in [0, 0.1) is 0 Å². The molecule has 0 atom stereocenters. The van der Waals surface area contributed by atoms with E-state index in [9.17, 15) is 9.18 Å². The maximum atomic E-state index is 12.7. The second kappa shape index (κ2) is 3.44. The third-order valence-corrected chi connectivity index (χ3v) is 2.16. The highest BCUT2D eigenvalue weighted by atomic mass is 32.1. The number of aromatic nitrogens is 1. The van der Waals surface area contributed by atoms with Gasteiger partial charge in [-0.2, -0.15) is 4.39 Å². The number of carboxylic acids is 1. The van der Waals surface area contributed by atoms with Gasteiger partial charge < -0.3 is 5.11 Å². The molecule has 0 aromatic carbocycles. The van der Waals surface area contributed by atoms with Crippen LogP contribution < -0.4 is 0 Å². The van der Waals surface area contributed by atoms with E-state index in [1.165, 1.54) is 24.5 Å². The molecule has 0 aliphatic rings. The van der Waals surface area contributed by atoms with Gasteiger partial charge in [-0.15, -0.1) is 11.3 Å². The Balaban J connectivity index is 3.05. The number of hydrogen-bond donors (Lipinski definition) is 1. The first kappa shape index (κ1) is 8.86. The summed E-state index contributed by atoms with van der Waals surface area (Å²) in [6.45, 7) is 1.39. The number of aliphatic carboxylic acids is 1. The summed E-state index contributed by atoms with van der Waals surface area (Å²) in [5, 5.41) is 10.4. The van der Waals surface area contributed by atoms with Crippen molar-refractivity contribution in [2.75, 3.05) is 0 Å². The minimum Gasteiger partial charge on any atom is -0.476 e. The van der Waals surface area contributed by atoms with Crippen LogP contribution in [0.25, 0.3) is 5.57 Å². The number of hydrogen-bond acceptors (Lipinski definition) is 3. The Bertz CT molecular complexity index is 318. The van der Waals surface area contributed by atoms with Crippen LogP contribution in [0.4, 0.5) is 4.39 Å². The minimum absolute atomic E-state index is 0.0671. The van der Waals surface area contributed by atoms with E-state index in [1.54, 1.807) is 5.38 Å². The van der Waals surface area contributed by atoms with Gasteiger partial charge in [0.2, 0.25) is 5.83 Å². The third-order valence-electron chi connectivity index (χ3n) is 1.27. The lowest BCUT2D eigenvalue weighted by Gasteiger charge is -1.94. The number of carboxylic acid groups (broad SMARTS) is 1. The van der Waals surface area contributed by atoms with Crippen LogP contribution in [0.2, 0.25) is 0 Å². The number of carbonyl (C=O) groups is 1. The van der Waals surface area contributed by atoms with Crippen LogP contribution in [-0.4, -0.2) is 16.1 Å². The molecular weight excluding hydrogens is 181 g/mol. The van der Waals surface area contributed by atoms with Crippen molar-refractivity contribution in [3.8, 4) is 0 Å². The zero-order valence-electron chi connectivity index (χ0n) is 6.24. The fraction of sp³-hybridized carbons (Fsp3) is 0.143. The van der Waals surface area contributed by atoms with Gasteiger partial charge in [-0.25, -0.2) is 9.78 Å². The van der Waals surface area contributed by atoms with Gasteiger partial charge in [0.15, 0.2) is 0 Å². The number of rotatable bonds is 2. The van der Waals surface area contributed by atoms with Crippen molar-refractivity contribution in [1.29, 1.82) is 0 Å². The van der Waals surface area contributed by atoms with Crippen LogP contribution >= 0.6 is 11.3 Å². The van der Waals surface area contributed by atoms with E-state index < -0.39 is 11.8 Å². The fourth-order valence-corrected chi connectivity index (χ4v) is 1.30. The van der Waals surface area contributed by atoms with Gasteiger partial charge >= 0.3 is 5.97 Å². The molecule has 0 amide bonds. The molecule has 0 radical (unpaired) electrons. The largest absolute Gasteiger partial charge is 0.476 e. The molecule has 0 spiro atoms. The van der Waals surface area contributed by atoms with Crippen molar-refractivity contribution >= 4 is 22.9 Å². The van der Waals surface area contributed by atoms with Crippen LogP contribution in [-0.2, 0) is 4.79 Å². The lowest BCUT2D eigenvalue weighted by Crippen LogP contribution is -1.97. The molecule has 0 unspecified atom stereocenters. The highest BCUT2D eigenvalue weighted by Crippen LogP contribution is 2.20. The van der Waals surface area contributed by atoms with Gasteiger partial charge in [-0.1, -0.05) is 0 Å². The summed E-state index contributed by atoms with van der Waals surface area (Å²) in [4.78, 5) is 14.0. The predicted octanol–water partition coefficient (Wildman–Crippen LogP) is 1.93. The molecular formula is C7H6FNO2S. The van der Waals surface area contributed by atoms with Crippen molar-refractivity contribution < 1.29 is 14.3 Å². The van der Waals surface area contributed by atoms with Gasteiger partial charge in [-0.05, 0) is 6.92 Å². The zero-order valence-corrected chi connectivity index (χ0v) is 7.06. The van der Waals surface area contributed by atoms with Crippen molar-refractivity contribution in [2.45, 2.75) is 6.92 Å². The van der Waals surface area contributed by atoms with Gasteiger partial charge in [0.25, 0.3) is 0 Å². The smallest absolute Gasteiger partial charge is 0.365 e. The Morgan fingerprint density at radius 3 is 2.83 bits per heavy atom. The summed E-state index contributed by atoms with van der Waals surface area (Å²) in [5.74, 6) is -2.70. The molecule has 0 aliphatic heterocycles. The minimum atomic E-state index is -1.55. The molecule has 0 fully saturated rings. The van der Waals surface area contributed by atoms with E-state index in [2.05, 4.69) is 4.98 Å². The standard InChI is InChI=1S/C7H6FNO2S/c1-4(5(8)7(10)11)6-9-2-3-12-6/h2-3H,1H3,(H,10,11). The molecule has 3 nitrogen and oxygen atoms in total. The average molecular weight is 187 g/mol. The summed E-state index contributed by atoms with van der Waals surface area (Å²) < 4.78 is 12.7. The predicted molar refractivity (Wildman–Crippen MR) is 43.5 cm³/mol. The van der Waals surface area contributed by atoms with Crippen LogP contribution in [0.5, 0.6) is 0 Å². The Morgan fingerprint density at radius 2 is 2.42 bits per heavy atom. The molecule has 1 aromatic rings. The summed E-state index contributed by atoms with van der Waals surface area (Å²) in [5.41, 5.74) is 0.0671. The maximum absolute atomic E-state index is 12.7. The molecule has 12 heavy (non-hydrogen) atoms. The van der Waals surface area contributed by atoms with Crippen LogP contribution in [0.15, 0.2) is 17.4 Å². The molecule has 1 rings (SSSR count). The maximum Gasteiger partial charge on any atom is 0.365 e. The first-order chi connectivity index (χ1) is 5.63. The van der Waals surface area contributed by atoms with Gasteiger partial charge in [-0.3, -0.25) is 0 Å². The Kier molecular flexibility index (Phi) is 2.54. The molecule has 1 heterocycles. The lowest BCUT2D eigenvalue weighted by atomic mass is 10.3. The number of allylic oxidation sites excluding steroid dienone is 1. The Morgan fingerprint density at radius 1 is 1.75 bits per heavy atom. The molecule has 64 valence electrons. The summed E-state index contributed by atoms with van der Waals surface area (Å²) >= 11 is 1.20. The third kappa shape index (κ3) is 1.68. The van der Waals surface area contributed by atoms with E-state index in [-0.39, 0.29) is 5.57 Å². The van der Waals surface area contributed by atoms with E-state index >= 15 is 0 Å². The second-order valence-electron chi connectivity index (χ2n) is 2.08. The molecule has 0 saturated heterocycles. The SMILES string of the molecule is CC(=C(F)C(=O)O)c1nccs1. The molecule has 1 N–H and O–H groups in total. The zero-order chi connectivity index (χ0) is 9.14. The van der Waals surface area contributed by atoms with Crippen molar-refractivity contribution in [1.82, 2.24) is 4.98 Å². The first-order valence-corrected chi connectivity index (χ1v) is 4.00. The Hall–Kier alpha value is -1.23. The molecule has 5 heteroatoms. The topological polar surface area (TPSA) is 50.2 Å². The number of thiazole rings is 1. The van der Waals surface area contributed by atoms with Gasteiger partial charge in [0.05, 0.1) is 0 Å². The van der Waals surface area contributed by atoms with E-state index in [4.69, 9.17) is 5.11 Å². The number of halogens is 1. The highest BCUT2D eigenvalue weighted by molar-refractivity contribution is 7.10.